The van der Waals surface area contributed by atoms with Gasteiger partial charge in [0.2, 0.25) is 5.76 Å². The number of benzene rings is 2. The van der Waals surface area contributed by atoms with Crippen molar-refractivity contribution in [1.29, 1.82) is 0 Å². The Hall–Kier alpha value is -4.16. The van der Waals surface area contributed by atoms with E-state index in [1.165, 1.54) is 23.2 Å². The Labute approximate surface area is 255 Å². The van der Waals surface area contributed by atoms with Gasteiger partial charge < -0.3 is 30.1 Å². The molecule has 2 aromatic carbocycles. The molecule has 0 radical (unpaired) electrons. The zero-order valence-corrected chi connectivity index (χ0v) is 25.2. The number of aliphatic hydroxyl groups is 1. The fourth-order valence-electron chi connectivity index (χ4n) is 5.52. The van der Waals surface area contributed by atoms with E-state index in [-0.39, 0.29) is 35.8 Å². The summed E-state index contributed by atoms with van der Waals surface area (Å²) in [6, 6.07) is 7.65. The summed E-state index contributed by atoms with van der Waals surface area (Å²) in [4.78, 5) is 43.1. The standard InChI is InChI=1S/C32H39F2N5O5/c1-4-9-38(10-5-2)31(42)23-13-20(3)12-22(17-23)30(41)37-26(16-21-14-24(33)18-25(34)15-21)29(40)27-19-39(11-8-35-27)32(43)28-6-7-36-44-28/h6-7,12-15,17-18,26-27,29,35,40H,4-5,8-11,16,19H2,1-3H3,(H,37,41)/t26-,27+,29?/m0/s1. The first-order valence-electron chi connectivity index (χ1n) is 14.9. The van der Waals surface area contributed by atoms with E-state index in [2.05, 4.69) is 15.8 Å². The van der Waals surface area contributed by atoms with Crippen molar-refractivity contribution in [1.82, 2.24) is 25.6 Å². The summed E-state index contributed by atoms with van der Waals surface area (Å²) in [7, 11) is 0. The number of nitrogens with zero attached hydrogens (tertiary/aromatic N) is 3. The number of aryl methyl sites for hydroxylation is 1. The molecule has 1 unspecified atom stereocenters. The lowest BCUT2D eigenvalue weighted by atomic mass is 9.94. The van der Waals surface area contributed by atoms with Gasteiger partial charge in [-0.2, -0.15) is 0 Å². The number of hydrogen-bond donors (Lipinski definition) is 3. The molecule has 0 aliphatic carbocycles. The first-order valence-corrected chi connectivity index (χ1v) is 14.9. The predicted octanol–water partition coefficient (Wildman–Crippen LogP) is 3.34. The SMILES string of the molecule is CCCN(CCC)C(=O)c1cc(C)cc(C(=O)N[C@@H](Cc2cc(F)cc(F)c2)C(O)[C@H]2CN(C(=O)c3ccno3)CCN2)c1. The van der Waals surface area contributed by atoms with Crippen LogP contribution in [0.3, 0.4) is 0 Å². The molecule has 1 aliphatic heterocycles. The van der Waals surface area contributed by atoms with Gasteiger partial charge >= 0.3 is 0 Å². The summed E-state index contributed by atoms with van der Waals surface area (Å²) >= 11 is 0. The lowest BCUT2D eigenvalue weighted by Crippen LogP contribution is -2.62. The van der Waals surface area contributed by atoms with Crippen LogP contribution in [-0.4, -0.2) is 88.7 Å². The Bertz CT molecular complexity index is 1420. The lowest BCUT2D eigenvalue weighted by molar-refractivity contribution is 0.0389. The number of aromatic nitrogens is 1. The first-order chi connectivity index (χ1) is 21.1. The molecule has 1 aliphatic rings. The average molecular weight is 612 g/mol. The van der Waals surface area contributed by atoms with Gasteiger partial charge in [0.15, 0.2) is 0 Å². The normalized spacial score (nSPS) is 16.3. The van der Waals surface area contributed by atoms with Gasteiger partial charge in [-0.3, -0.25) is 14.4 Å². The minimum absolute atomic E-state index is 0.0569. The second-order valence-corrected chi connectivity index (χ2v) is 11.1. The molecule has 0 bridgehead atoms. The molecule has 0 saturated carbocycles. The van der Waals surface area contributed by atoms with E-state index in [9.17, 15) is 28.3 Å². The van der Waals surface area contributed by atoms with E-state index in [1.54, 1.807) is 24.0 Å². The Balaban J connectivity index is 1.59. The van der Waals surface area contributed by atoms with E-state index in [0.717, 1.165) is 31.0 Å². The minimum atomic E-state index is -1.27. The van der Waals surface area contributed by atoms with E-state index >= 15 is 0 Å². The molecular formula is C32H39F2N5O5. The van der Waals surface area contributed by atoms with Crippen molar-refractivity contribution in [2.75, 3.05) is 32.7 Å². The molecule has 3 amide bonds. The summed E-state index contributed by atoms with van der Waals surface area (Å²) in [6.07, 6.45) is 1.57. The second-order valence-electron chi connectivity index (χ2n) is 11.1. The summed E-state index contributed by atoms with van der Waals surface area (Å²) in [5, 5.41) is 21.1. The molecule has 3 atom stereocenters. The third kappa shape index (κ3) is 8.26. The number of amides is 3. The van der Waals surface area contributed by atoms with Gasteiger partial charge in [-0.15, -0.1) is 0 Å². The van der Waals surface area contributed by atoms with Gasteiger partial charge in [0, 0.05) is 56.0 Å². The van der Waals surface area contributed by atoms with Crippen LogP contribution in [0.4, 0.5) is 8.78 Å². The highest BCUT2D eigenvalue weighted by Gasteiger charge is 2.35. The number of halogens is 2. The van der Waals surface area contributed by atoms with Crippen LogP contribution >= 0.6 is 0 Å². The van der Waals surface area contributed by atoms with Crippen LogP contribution in [0.25, 0.3) is 0 Å². The molecular weight excluding hydrogens is 572 g/mol. The number of aliphatic hydroxyl groups excluding tert-OH is 1. The van der Waals surface area contributed by atoms with Crippen molar-refractivity contribution in [3.63, 3.8) is 0 Å². The molecule has 12 heteroatoms. The van der Waals surface area contributed by atoms with Gasteiger partial charge in [-0.1, -0.05) is 19.0 Å². The minimum Gasteiger partial charge on any atom is -0.389 e. The topological polar surface area (TPSA) is 128 Å². The quantitative estimate of drug-likeness (QED) is 0.287. The fourth-order valence-corrected chi connectivity index (χ4v) is 5.52. The van der Waals surface area contributed by atoms with Crippen molar-refractivity contribution in [2.24, 2.45) is 0 Å². The summed E-state index contributed by atoms with van der Waals surface area (Å²) in [6.45, 7) is 7.73. The zero-order chi connectivity index (χ0) is 31.8. The molecule has 4 rings (SSSR count). The first kappa shape index (κ1) is 32.7. The van der Waals surface area contributed by atoms with Gasteiger partial charge in [-0.25, -0.2) is 8.78 Å². The molecule has 0 spiro atoms. The molecule has 1 saturated heterocycles. The Morgan fingerprint density at radius 2 is 1.77 bits per heavy atom. The third-order valence-corrected chi connectivity index (χ3v) is 7.52. The van der Waals surface area contributed by atoms with Crippen molar-refractivity contribution in [3.05, 3.63) is 88.3 Å². The molecule has 236 valence electrons. The average Bonchev–Trinajstić information content (AvgIpc) is 3.54. The van der Waals surface area contributed by atoms with Gasteiger partial charge in [0.25, 0.3) is 17.7 Å². The van der Waals surface area contributed by atoms with E-state index in [1.807, 2.05) is 13.8 Å². The van der Waals surface area contributed by atoms with E-state index in [0.29, 0.717) is 37.3 Å². The van der Waals surface area contributed by atoms with Gasteiger partial charge in [0.1, 0.15) is 11.6 Å². The third-order valence-electron chi connectivity index (χ3n) is 7.52. The number of carbonyl (C=O) groups excluding carboxylic acids is 3. The second kappa shape index (κ2) is 15.0. The van der Waals surface area contributed by atoms with Crippen LogP contribution < -0.4 is 10.6 Å². The van der Waals surface area contributed by atoms with Crippen LogP contribution in [0.15, 0.2) is 53.2 Å². The molecule has 2 heterocycles. The van der Waals surface area contributed by atoms with Crippen molar-refractivity contribution >= 4 is 17.7 Å². The monoisotopic (exact) mass is 611 g/mol. The zero-order valence-electron chi connectivity index (χ0n) is 25.2. The maximum atomic E-state index is 14.1. The maximum absolute atomic E-state index is 14.1. The molecule has 3 aromatic rings. The highest BCUT2D eigenvalue weighted by Crippen LogP contribution is 2.18. The highest BCUT2D eigenvalue weighted by molar-refractivity contribution is 6.00. The number of carbonyl (C=O) groups is 3. The summed E-state index contributed by atoms with van der Waals surface area (Å²) < 4.78 is 33.2. The smallest absolute Gasteiger partial charge is 0.292 e. The van der Waals surface area contributed by atoms with Crippen molar-refractivity contribution < 1.29 is 32.8 Å². The van der Waals surface area contributed by atoms with Crippen LogP contribution in [0, 0.1) is 18.6 Å². The lowest BCUT2D eigenvalue weighted by Gasteiger charge is -2.38. The molecule has 1 aromatic heterocycles. The number of rotatable bonds is 12. The van der Waals surface area contributed by atoms with Crippen LogP contribution in [0.2, 0.25) is 0 Å². The maximum Gasteiger partial charge on any atom is 0.292 e. The van der Waals surface area contributed by atoms with Gasteiger partial charge in [-0.05, 0) is 67.6 Å². The summed E-state index contributed by atoms with van der Waals surface area (Å²) in [5.74, 6) is -2.66. The molecule has 44 heavy (non-hydrogen) atoms. The Kier molecular flexibility index (Phi) is 11.2. The van der Waals surface area contributed by atoms with E-state index < -0.39 is 41.6 Å². The predicted molar refractivity (Wildman–Crippen MR) is 159 cm³/mol. The molecule has 10 nitrogen and oxygen atoms in total. The van der Waals surface area contributed by atoms with Crippen LogP contribution in [-0.2, 0) is 6.42 Å². The van der Waals surface area contributed by atoms with Crippen molar-refractivity contribution in [3.8, 4) is 0 Å². The molecule has 1 fully saturated rings. The number of piperazine rings is 1. The largest absolute Gasteiger partial charge is 0.389 e. The summed E-state index contributed by atoms with van der Waals surface area (Å²) in [5.41, 5.74) is 1.51. The Morgan fingerprint density at radius 3 is 2.41 bits per heavy atom. The van der Waals surface area contributed by atoms with Crippen LogP contribution in [0.5, 0.6) is 0 Å². The van der Waals surface area contributed by atoms with Crippen LogP contribution in [0.1, 0.15) is 69.1 Å². The fraction of sp³-hybridized carbons (Fsp3) is 0.438. The number of nitrogens with one attached hydrogen (secondary N) is 2. The Morgan fingerprint density at radius 1 is 1.09 bits per heavy atom. The number of hydrogen-bond acceptors (Lipinski definition) is 7. The van der Waals surface area contributed by atoms with Crippen molar-refractivity contribution in [2.45, 2.75) is 58.2 Å². The van der Waals surface area contributed by atoms with Gasteiger partial charge in [0.05, 0.1) is 24.4 Å². The highest BCUT2D eigenvalue weighted by atomic mass is 19.1. The molecule has 3 N–H and O–H groups in total. The van der Waals surface area contributed by atoms with E-state index in [4.69, 9.17) is 4.52 Å².